The second-order valence-corrected chi connectivity index (χ2v) is 5.91. The third-order valence-corrected chi connectivity index (χ3v) is 4.24. The molecule has 20 heavy (non-hydrogen) atoms. The normalized spacial score (nSPS) is 11.9. The van der Waals surface area contributed by atoms with Crippen LogP contribution < -0.4 is 10.6 Å². The topological polar surface area (TPSA) is 41.1 Å². The number of halogens is 1. The Hall–Kier alpha value is -1.52. The largest absolute Gasteiger partial charge is 0.338 e. The van der Waals surface area contributed by atoms with E-state index in [-0.39, 0.29) is 12.1 Å². The lowest BCUT2D eigenvalue weighted by molar-refractivity contribution is 0.238. The molecule has 0 bridgehead atoms. The number of hydrogen-bond acceptors (Lipinski definition) is 2. The van der Waals surface area contributed by atoms with Crippen molar-refractivity contribution in [3.8, 4) is 0 Å². The van der Waals surface area contributed by atoms with Crippen LogP contribution >= 0.6 is 22.9 Å². The summed E-state index contributed by atoms with van der Waals surface area (Å²) in [6, 6.07) is 11.3. The zero-order valence-electron chi connectivity index (χ0n) is 11.2. The second kappa shape index (κ2) is 7.31. The van der Waals surface area contributed by atoms with Crippen molar-refractivity contribution in [2.24, 2.45) is 0 Å². The molecule has 1 aromatic carbocycles. The molecule has 0 aliphatic heterocycles. The van der Waals surface area contributed by atoms with Gasteiger partial charge in [-0.2, -0.15) is 0 Å². The monoisotopic (exact) mass is 308 g/mol. The summed E-state index contributed by atoms with van der Waals surface area (Å²) in [5.74, 6) is 0. The van der Waals surface area contributed by atoms with Gasteiger partial charge in [0.15, 0.2) is 0 Å². The van der Waals surface area contributed by atoms with E-state index < -0.39 is 0 Å². The fourth-order valence-electron chi connectivity index (χ4n) is 1.91. The molecule has 1 heterocycles. The van der Waals surface area contributed by atoms with Crippen molar-refractivity contribution in [3.05, 3.63) is 57.2 Å². The van der Waals surface area contributed by atoms with Gasteiger partial charge in [-0.15, -0.1) is 11.3 Å². The zero-order valence-corrected chi connectivity index (χ0v) is 12.8. The van der Waals surface area contributed by atoms with E-state index in [1.165, 1.54) is 4.88 Å². The lowest BCUT2D eigenvalue weighted by Crippen LogP contribution is -2.38. The summed E-state index contributed by atoms with van der Waals surface area (Å²) in [6.07, 6.45) is 0.853. The van der Waals surface area contributed by atoms with Gasteiger partial charge in [-0.1, -0.05) is 35.9 Å². The standard InChI is InChI=1S/C15H17ClN2OS/c1-11(13-6-2-3-7-14(13)16)18-15(19)17-9-8-12-5-4-10-20-12/h2-7,10-11H,8-9H2,1H3,(H2,17,18,19). The quantitative estimate of drug-likeness (QED) is 0.861. The third kappa shape index (κ3) is 4.25. The number of rotatable bonds is 5. The average molecular weight is 309 g/mol. The second-order valence-electron chi connectivity index (χ2n) is 4.47. The highest BCUT2D eigenvalue weighted by Crippen LogP contribution is 2.21. The van der Waals surface area contributed by atoms with Crippen molar-refractivity contribution in [3.63, 3.8) is 0 Å². The number of nitrogens with one attached hydrogen (secondary N) is 2. The summed E-state index contributed by atoms with van der Waals surface area (Å²) in [5.41, 5.74) is 0.919. The van der Waals surface area contributed by atoms with Crippen LogP contribution in [0.5, 0.6) is 0 Å². The predicted molar refractivity (Wildman–Crippen MR) is 84.4 cm³/mol. The van der Waals surface area contributed by atoms with E-state index in [9.17, 15) is 4.79 Å². The van der Waals surface area contributed by atoms with Gasteiger partial charge in [0.1, 0.15) is 0 Å². The molecule has 0 aliphatic rings. The SMILES string of the molecule is CC(NC(=O)NCCc1cccs1)c1ccccc1Cl. The van der Waals surface area contributed by atoms with Crippen LogP contribution in [-0.2, 0) is 6.42 Å². The number of hydrogen-bond donors (Lipinski definition) is 2. The summed E-state index contributed by atoms with van der Waals surface area (Å²) in [4.78, 5) is 13.1. The van der Waals surface area contributed by atoms with E-state index in [4.69, 9.17) is 11.6 Å². The highest BCUT2D eigenvalue weighted by atomic mass is 35.5. The smallest absolute Gasteiger partial charge is 0.315 e. The molecule has 0 fully saturated rings. The Balaban J connectivity index is 1.78. The van der Waals surface area contributed by atoms with Gasteiger partial charge < -0.3 is 10.6 Å². The van der Waals surface area contributed by atoms with E-state index in [1.807, 2.05) is 42.6 Å². The highest BCUT2D eigenvalue weighted by Gasteiger charge is 2.11. The maximum atomic E-state index is 11.8. The molecule has 5 heteroatoms. The molecule has 0 radical (unpaired) electrons. The van der Waals surface area contributed by atoms with Gasteiger partial charge in [0.2, 0.25) is 0 Å². The van der Waals surface area contributed by atoms with Gasteiger partial charge in [-0.05, 0) is 36.4 Å². The number of carbonyl (C=O) groups is 1. The molecule has 2 N–H and O–H groups in total. The molecule has 0 spiro atoms. The predicted octanol–water partition coefficient (Wildman–Crippen LogP) is 4.00. The van der Waals surface area contributed by atoms with Crippen molar-refractivity contribution in [1.29, 1.82) is 0 Å². The van der Waals surface area contributed by atoms with Crippen LogP contribution in [0.4, 0.5) is 4.79 Å². The molecule has 0 aliphatic carbocycles. The Bertz CT molecular complexity index is 557. The van der Waals surface area contributed by atoms with Crippen molar-refractivity contribution in [1.82, 2.24) is 10.6 Å². The molecule has 2 amide bonds. The van der Waals surface area contributed by atoms with Crippen molar-refractivity contribution >= 4 is 29.0 Å². The van der Waals surface area contributed by atoms with E-state index >= 15 is 0 Å². The van der Waals surface area contributed by atoms with Gasteiger partial charge in [0, 0.05) is 16.4 Å². The Morgan fingerprint density at radius 2 is 2.10 bits per heavy atom. The van der Waals surface area contributed by atoms with Crippen LogP contribution in [0.15, 0.2) is 41.8 Å². The van der Waals surface area contributed by atoms with Gasteiger partial charge >= 0.3 is 6.03 Å². The number of amides is 2. The molecule has 1 unspecified atom stereocenters. The zero-order chi connectivity index (χ0) is 14.4. The average Bonchev–Trinajstić information content (AvgIpc) is 2.92. The lowest BCUT2D eigenvalue weighted by Gasteiger charge is -2.16. The van der Waals surface area contributed by atoms with E-state index in [1.54, 1.807) is 11.3 Å². The molecule has 3 nitrogen and oxygen atoms in total. The number of benzene rings is 1. The fourth-order valence-corrected chi connectivity index (χ4v) is 2.91. The summed E-state index contributed by atoms with van der Waals surface area (Å²) < 4.78 is 0. The number of carbonyl (C=O) groups excluding carboxylic acids is 1. The first kappa shape index (κ1) is 14.9. The molecule has 0 saturated heterocycles. The number of thiophene rings is 1. The maximum Gasteiger partial charge on any atom is 0.315 e. The molecule has 0 saturated carbocycles. The molecular formula is C15H17ClN2OS. The van der Waals surface area contributed by atoms with Crippen molar-refractivity contribution < 1.29 is 4.79 Å². The Morgan fingerprint density at radius 3 is 2.80 bits per heavy atom. The lowest BCUT2D eigenvalue weighted by atomic mass is 10.1. The van der Waals surface area contributed by atoms with Crippen LogP contribution in [0.2, 0.25) is 5.02 Å². The first-order valence-corrected chi connectivity index (χ1v) is 7.74. The Labute approximate surface area is 128 Å². The maximum absolute atomic E-state index is 11.8. The summed E-state index contributed by atoms with van der Waals surface area (Å²) in [6.45, 7) is 2.54. The van der Waals surface area contributed by atoms with Crippen LogP contribution in [0, 0.1) is 0 Å². The van der Waals surface area contributed by atoms with Crippen molar-refractivity contribution in [2.45, 2.75) is 19.4 Å². The molecule has 106 valence electrons. The van der Waals surface area contributed by atoms with E-state index in [2.05, 4.69) is 16.7 Å². The minimum atomic E-state index is -0.172. The number of urea groups is 1. The molecule has 1 atom stereocenters. The van der Waals surface area contributed by atoms with Gasteiger partial charge in [0.05, 0.1) is 6.04 Å². The summed E-state index contributed by atoms with van der Waals surface area (Å²) in [7, 11) is 0. The summed E-state index contributed by atoms with van der Waals surface area (Å²) in [5, 5.41) is 8.44. The molecular weight excluding hydrogens is 292 g/mol. The molecule has 1 aromatic heterocycles. The first-order chi connectivity index (χ1) is 9.66. The van der Waals surface area contributed by atoms with Crippen LogP contribution in [0.25, 0.3) is 0 Å². The molecule has 2 rings (SSSR count). The third-order valence-electron chi connectivity index (χ3n) is 2.96. The van der Waals surface area contributed by atoms with E-state index in [0.29, 0.717) is 11.6 Å². The molecule has 2 aromatic rings. The van der Waals surface area contributed by atoms with Crippen LogP contribution in [0.3, 0.4) is 0 Å². The Kier molecular flexibility index (Phi) is 5.44. The van der Waals surface area contributed by atoms with Crippen LogP contribution in [0.1, 0.15) is 23.4 Å². The fraction of sp³-hybridized carbons (Fsp3) is 0.267. The van der Waals surface area contributed by atoms with Gasteiger partial charge in [0.25, 0.3) is 0 Å². The minimum absolute atomic E-state index is 0.120. The van der Waals surface area contributed by atoms with Gasteiger partial charge in [-0.25, -0.2) is 4.79 Å². The van der Waals surface area contributed by atoms with E-state index in [0.717, 1.165) is 12.0 Å². The minimum Gasteiger partial charge on any atom is -0.338 e. The van der Waals surface area contributed by atoms with Crippen molar-refractivity contribution in [2.75, 3.05) is 6.54 Å². The Morgan fingerprint density at radius 1 is 1.30 bits per heavy atom. The van der Waals surface area contributed by atoms with Crippen LogP contribution in [-0.4, -0.2) is 12.6 Å². The first-order valence-electron chi connectivity index (χ1n) is 6.48. The highest BCUT2D eigenvalue weighted by molar-refractivity contribution is 7.09. The van der Waals surface area contributed by atoms with Gasteiger partial charge in [-0.3, -0.25) is 0 Å². The summed E-state index contributed by atoms with van der Waals surface area (Å²) >= 11 is 7.80.